The summed E-state index contributed by atoms with van der Waals surface area (Å²) in [6, 6.07) is 20.0. The molecule has 5 nitrogen and oxygen atoms in total. The Morgan fingerprint density at radius 2 is 1.93 bits per heavy atom. The number of thiazole rings is 1. The molecule has 29 heavy (non-hydrogen) atoms. The predicted molar refractivity (Wildman–Crippen MR) is 115 cm³/mol. The fourth-order valence-electron chi connectivity index (χ4n) is 3.24. The Kier molecular flexibility index (Phi) is 4.76. The first kappa shape index (κ1) is 17.6. The third-order valence-corrected chi connectivity index (χ3v) is 5.53. The van der Waals surface area contributed by atoms with Gasteiger partial charge in [-0.25, -0.2) is 4.99 Å². The Balaban J connectivity index is 1.59. The van der Waals surface area contributed by atoms with E-state index in [0.717, 1.165) is 51.6 Å². The molecule has 4 heterocycles. The molecule has 5 aromatic rings. The third-order valence-electron chi connectivity index (χ3n) is 4.66. The molecule has 0 saturated carbocycles. The molecular weight excluding hydrogens is 380 g/mol. The lowest BCUT2D eigenvalue weighted by Crippen LogP contribution is -2.17. The number of para-hydroxylation sites is 1. The van der Waals surface area contributed by atoms with Gasteiger partial charge >= 0.3 is 0 Å². The van der Waals surface area contributed by atoms with Crippen LogP contribution in [0.1, 0.15) is 5.69 Å². The van der Waals surface area contributed by atoms with Gasteiger partial charge in [-0.2, -0.15) is 0 Å². The average Bonchev–Trinajstić information content (AvgIpc) is 3.37. The smallest absolute Gasteiger partial charge is 0.190 e. The van der Waals surface area contributed by atoms with Crippen LogP contribution in [-0.2, 0) is 13.0 Å². The van der Waals surface area contributed by atoms with E-state index >= 15 is 0 Å². The van der Waals surface area contributed by atoms with Crippen molar-refractivity contribution in [3.05, 3.63) is 95.1 Å². The Morgan fingerprint density at radius 1 is 1.00 bits per heavy atom. The van der Waals surface area contributed by atoms with E-state index in [1.165, 1.54) is 0 Å². The van der Waals surface area contributed by atoms with E-state index in [0.29, 0.717) is 0 Å². The van der Waals surface area contributed by atoms with E-state index in [4.69, 9.17) is 9.41 Å². The van der Waals surface area contributed by atoms with E-state index in [9.17, 15) is 0 Å². The highest BCUT2D eigenvalue weighted by molar-refractivity contribution is 7.07. The minimum atomic E-state index is 0.756. The zero-order valence-corrected chi connectivity index (χ0v) is 16.4. The first-order valence-electron chi connectivity index (χ1n) is 9.39. The zero-order valence-electron chi connectivity index (χ0n) is 15.6. The zero-order chi connectivity index (χ0) is 19.5. The first-order chi connectivity index (χ1) is 14.4. The number of aryl methyl sites for hydroxylation is 1. The second kappa shape index (κ2) is 7.85. The number of furan rings is 1. The van der Waals surface area contributed by atoms with Gasteiger partial charge in [-0.05, 0) is 36.4 Å². The SMILES string of the molecule is c1ccc(CCn2c(-c3cc4ccccc4o3)csc2=Nc2cccnc2)nc1. The van der Waals surface area contributed by atoms with Crippen molar-refractivity contribution in [1.82, 2.24) is 14.5 Å². The number of hydrogen-bond donors (Lipinski definition) is 0. The fraction of sp³-hybridized carbons (Fsp3) is 0.0870. The normalized spacial score (nSPS) is 11.9. The quantitative estimate of drug-likeness (QED) is 0.407. The van der Waals surface area contributed by atoms with Gasteiger partial charge in [0, 0.05) is 41.8 Å². The Morgan fingerprint density at radius 3 is 2.76 bits per heavy atom. The van der Waals surface area contributed by atoms with Crippen LogP contribution in [0.25, 0.3) is 22.4 Å². The molecule has 6 heteroatoms. The molecule has 1 aromatic carbocycles. The van der Waals surface area contributed by atoms with Crippen molar-refractivity contribution in [2.45, 2.75) is 13.0 Å². The first-order valence-corrected chi connectivity index (χ1v) is 10.3. The summed E-state index contributed by atoms with van der Waals surface area (Å²) in [5.74, 6) is 0.844. The molecule has 0 N–H and O–H groups in total. The van der Waals surface area contributed by atoms with Crippen LogP contribution < -0.4 is 4.80 Å². The van der Waals surface area contributed by atoms with Crippen LogP contribution in [0.4, 0.5) is 5.69 Å². The van der Waals surface area contributed by atoms with Crippen LogP contribution >= 0.6 is 11.3 Å². The van der Waals surface area contributed by atoms with Gasteiger partial charge in [0.25, 0.3) is 0 Å². The van der Waals surface area contributed by atoms with Gasteiger partial charge in [0.05, 0.1) is 17.6 Å². The maximum Gasteiger partial charge on any atom is 0.190 e. The van der Waals surface area contributed by atoms with Gasteiger partial charge in [0.2, 0.25) is 0 Å². The van der Waals surface area contributed by atoms with Crippen LogP contribution in [0.2, 0.25) is 0 Å². The summed E-state index contributed by atoms with van der Waals surface area (Å²) in [6.07, 6.45) is 6.16. The summed E-state index contributed by atoms with van der Waals surface area (Å²) in [4.78, 5) is 14.3. The molecule has 0 aliphatic heterocycles. The number of pyridine rings is 2. The summed E-state index contributed by atoms with van der Waals surface area (Å²) >= 11 is 1.60. The summed E-state index contributed by atoms with van der Waals surface area (Å²) < 4.78 is 8.33. The average molecular weight is 398 g/mol. The predicted octanol–water partition coefficient (Wildman–Crippen LogP) is 5.23. The summed E-state index contributed by atoms with van der Waals surface area (Å²) in [5, 5.41) is 3.20. The Hall–Kier alpha value is -3.51. The number of aromatic nitrogens is 3. The monoisotopic (exact) mass is 398 g/mol. The molecule has 0 unspecified atom stereocenters. The van der Waals surface area contributed by atoms with Crippen LogP contribution in [0.15, 0.2) is 94.0 Å². The van der Waals surface area contributed by atoms with Crippen molar-refractivity contribution in [2.75, 3.05) is 0 Å². The van der Waals surface area contributed by atoms with E-state index in [1.807, 2.05) is 54.7 Å². The van der Waals surface area contributed by atoms with E-state index < -0.39 is 0 Å². The molecule has 0 aliphatic carbocycles. The molecular formula is C23H18N4OS. The Bertz CT molecular complexity index is 1270. The lowest BCUT2D eigenvalue weighted by Gasteiger charge is -2.07. The number of nitrogens with zero attached hydrogens (tertiary/aromatic N) is 4. The largest absolute Gasteiger partial charge is 0.454 e. The highest BCUT2D eigenvalue weighted by atomic mass is 32.1. The van der Waals surface area contributed by atoms with Gasteiger partial charge < -0.3 is 8.98 Å². The second-order valence-electron chi connectivity index (χ2n) is 6.60. The van der Waals surface area contributed by atoms with Crippen molar-refractivity contribution < 1.29 is 4.42 Å². The topological polar surface area (TPSA) is 56.2 Å². The van der Waals surface area contributed by atoms with E-state index in [-0.39, 0.29) is 0 Å². The van der Waals surface area contributed by atoms with E-state index in [2.05, 4.69) is 32.0 Å². The maximum absolute atomic E-state index is 6.13. The van der Waals surface area contributed by atoms with Crippen molar-refractivity contribution in [3.8, 4) is 11.5 Å². The van der Waals surface area contributed by atoms with E-state index in [1.54, 1.807) is 23.7 Å². The maximum atomic E-state index is 6.13. The van der Waals surface area contributed by atoms with Crippen molar-refractivity contribution in [3.63, 3.8) is 0 Å². The summed E-state index contributed by atoms with van der Waals surface area (Å²) in [6.45, 7) is 0.756. The minimum Gasteiger partial charge on any atom is -0.454 e. The molecule has 0 radical (unpaired) electrons. The second-order valence-corrected chi connectivity index (χ2v) is 7.43. The highest BCUT2D eigenvalue weighted by Gasteiger charge is 2.13. The number of benzene rings is 1. The van der Waals surface area contributed by atoms with Gasteiger partial charge in [-0.3, -0.25) is 9.97 Å². The van der Waals surface area contributed by atoms with Gasteiger partial charge in [-0.1, -0.05) is 24.3 Å². The van der Waals surface area contributed by atoms with Gasteiger partial charge in [0.15, 0.2) is 10.6 Å². The molecule has 142 valence electrons. The van der Waals surface area contributed by atoms with Crippen LogP contribution in [-0.4, -0.2) is 14.5 Å². The molecule has 0 bridgehead atoms. The molecule has 4 aromatic heterocycles. The molecule has 0 aliphatic rings. The van der Waals surface area contributed by atoms with Crippen molar-refractivity contribution in [1.29, 1.82) is 0 Å². The van der Waals surface area contributed by atoms with Crippen LogP contribution in [0, 0.1) is 0 Å². The molecule has 0 amide bonds. The minimum absolute atomic E-state index is 0.756. The number of rotatable bonds is 5. The van der Waals surface area contributed by atoms with Crippen LogP contribution in [0.5, 0.6) is 0 Å². The van der Waals surface area contributed by atoms with Crippen molar-refractivity contribution >= 4 is 28.0 Å². The molecule has 5 rings (SSSR count). The summed E-state index contributed by atoms with van der Waals surface area (Å²) in [5.41, 5.74) is 3.78. The third kappa shape index (κ3) is 3.75. The van der Waals surface area contributed by atoms with Crippen molar-refractivity contribution in [2.24, 2.45) is 4.99 Å². The standard InChI is InChI=1S/C23H18N4OS/c1-2-9-21-17(6-1)14-22(28-21)20-16-29-23(26-19-8-5-11-24-15-19)27(20)13-10-18-7-3-4-12-25-18/h1-9,11-12,14-16H,10,13H2. The lowest BCUT2D eigenvalue weighted by molar-refractivity contribution is 0.606. The number of hydrogen-bond acceptors (Lipinski definition) is 5. The molecule has 0 spiro atoms. The molecule has 0 fully saturated rings. The molecule has 0 atom stereocenters. The van der Waals surface area contributed by atoms with Gasteiger partial charge in [0.1, 0.15) is 5.58 Å². The summed E-state index contributed by atoms with van der Waals surface area (Å²) in [7, 11) is 0. The number of fused-ring (bicyclic) bond motifs is 1. The Labute approximate surface area is 171 Å². The lowest BCUT2D eigenvalue weighted by atomic mass is 10.2. The van der Waals surface area contributed by atoms with Crippen LogP contribution in [0.3, 0.4) is 0 Å². The fourth-order valence-corrected chi connectivity index (χ4v) is 4.18. The highest BCUT2D eigenvalue weighted by Crippen LogP contribution is 2.28. The molecule has 0 saturated heterocycles. The van der Waals surface area contributed by atoms with Gasteiger partial charge in [-0.15, -0.1) is 11.3 Å².